The van der Waals surface area contributed by atoms with Gasteiger partial charge in [0.2, 0.25) is 10.0 Å². The van der Waals surface area contributed by atoms with Gasteiger partial charge in [-0.15, -0.1) is 11.3 Å². The van der Waals surface area contributed by atoms with Crippen molar-refractivity contribution < 1.29 is 13.2 Å². The van der Waals surface area contributed by atoms with Crippen molar-refractivity contribution in [3.05, 3.63) is 95.5 Å². The Labute approximate surface area is 190 Å². The molecule has 2 aromatic heterocycles. The molecule has 0 atom stereocenters. The quantitative estimate of drug-likeness (QED) is 0.395. The summed E-state index contributed by atoms with van der Waals surface area (Å²) in [6, 6.07) is 22.6. The zero-order valence-corrected chi connectivity index (χ0v) is 18.8. The first-order valence-electron chi connectivity index (χ1n) is 10.0. The molecule has 0 fully saturated rings. The Morgan fingerprint density at radius 2 is 1.69 bits per heavy atom. The minimum absolute atomic E-state index is 0.0106. The van der Waals surface area contributed by atoms with Gasteiger partial charge in [0.1, 0.15) is 5.69 Å². The van der Waals surface area contributed by atoms with Crippen LogP contribution in [-0.4, -0.2) is 36.4 Å². The fourth-order valence-electron chi connectivity index (χ4n) is 3.10. The summed E-state index contributed by atoms with van der Waals surface area (Å²) >= 11 is 1.49. The molecule has 9 heteroatoms. The summed E-state index contributed by atoms with van der Waals surface area (Å²) in [5, 5.41) is 9.23. The number of hydrogen-bond acceptors (Lipinski definition) is 5. The van der Waals surface area contributed by atoms with E-state index in [0.717, 1.165) is 16.1 Å². The molecule has 0 aliphatic carbocycles. The molecule has 4 aromatic rings. The van der Waals surface area contributed by atoms with Crippen LogP contribution in [0.5, 0.6) is 0 Å². The maximum Gasteiger partial charge on any atom is 0.255 e. The van der Waals surface area contributed by atoms with E-state index in [-0.39, 0.29) is 24.7 Å². The Hall–Kier alpha value is -3.27. The van der Waals surface area contributed by atoms with Crippen LogP contribution in [0.2, 0.25) is 0 Å². The second kappa shape index (κ2) is 9.90. The van der Waals surface area contributed by atoms with Crippen molar-refractivity contribution in [3.63, 3.8) is 0 Å². The normalized spacial score (nSPS) is 11.4. The average molecular weight is 467 g/mol. The molecule has 2 N–H and O–H groups in total. The summed E-state index contributed by atoms with van der Waals surface area (Å²) in [6.45, 7) is 0.201. The third-order valence-electron chi connectivity index (χ3n) is 4.73. The van der Waals surface area contributed by atoms with E-state index in [9.17, 15) is 13.2 Å². The van der Waals surface area contributed by atoms with Crippen molar-refractivity contribution in [1.82, 2.24) is 19.8 Å². The van der Waals surface area contributed by atoms with Crippen molar-refractivity contribution in [1.29, 1.82) is 0 Å². The Morgan fingerprint density at radius 1 is 0.969 bits per heavy atom. The fourth-order valence-corrected chi connectivity index (χ4v) is 4.73. The molecule has 0 aliphatic rings. The second-order valence-electron chi connectivity index (χ2n) is 7.03. The van der Waals surface area contributed by atoms with E-state index in [2.05, 4.69) is 15.1 Å². The van der Waals surface area contributed by atoms with Crippen LogP contribution in [-0.2, 0) is 16.6 Å². The van der Waals surface area contributed by atoms with E-state index in [0.29, 0.717) is 11.3 Å². The number of aromatic nitrogens is 2. The molecular weight excluding hydrogens is 444 g/mol. The molecule has 164 valence electrons. The maximum atomic E-state index is 12.9. The highest BCUT2D eigenvalue weighted by Crippen LogP contribution is 2.27. The highest BCUT2D eigenvalue weighted by molar-refractivity contribution is 7.89. The van der Waals surface area contributed by atoms with Crippen LogP contribution in [0.1, 0.15) is 15.9 Å². The molecular formula is C23H22N4O3S2. The molecule has 1 amide bonds. The molecule has 0 spiro atoms. The van der Waals surface area contributed by atoms with Gasteiger partial charge in [-0.3, -0.25) is 4.79 Å². The summed E-state index contributed by atoms with van der Waals surface area (Å²) in [5.74, 6) is -0.582. The highest BCUT2D eigenvalue weighted by atomic mass is 32.2. The number of amides is 1. The molecule has 0 saturated heterocycles. The van der Waals surface area contributed by atoms with E-state index >= 15 is 0 Å². The Kier molecular flexibility index (Phi) is 6.79. The van der Waals surface area contributed by atoms with Crippen LogP contribution in [0.15, 0.2) is 84.4 Å². The molecule has 0 unspecified atom stereocenters. The van der Waals surface area contributed by atoms with E-state index in [4.69, 9.17) is 0 Å². The van der Waals surface area contributed by atoms with Gasteiger partial charge in [0.05, 0.1) is 21.9 Å². The van der Waals surface area contributed by atoms with Gasteiger partial charge in [0, 0.05) is 19.3 Å². The Morgan fingerprint density at radius 3 is 2.38 bits per heavy atom. The van der Waals surface area contributed by atoms with E-state index in [1.165, 1.54) is 11.3 Å². The van der Waals surface area contributed by atoms with Crippen molar-refractivity contribution in [2.75, 3.05) is 12.3 Å². The summed E-state index contributed by atoms with van der Waals surface area (Å²) in [6.07, 6.45) is 1.67. The van der Waals surface area contributed by atoms with Gasteiger partial charge < -0.3 is 5.32 Å². The maximum absolute atomic E-state index is 12.9. The lowest BCUT2D eigenvalue weighted by Crippen LogP contribution is -2.34. The zero-order chi connectivity index (χ0) is 22.4. The number of sulfonamides is 1. The lowest BCUT2D eigenvalue weighted by molar-refractivity contribution is 0.0956. The number of benzene rings is 2. The molecule has 7 nitrogen and oxygen atoms in total. The summed E-state index contributed by atoms with van der Waals surface area (Å²) in [5.41, 5.74) is 2.66. The minimum atomic E-state index is -3.53. The van der Waals surface area contributed by atoms with E-state index in [1.807, 2.05) is 78.2 Å². The molecule has 0 saturated carbocycles. The molecule has 4 rings (SSSR count). The van der Waals surface area contributed by atoms with Crippen LogP contribution >= 0.6 is 11.3 Å². The largest absolute Gasteiger partial charge is 0.351 e. The van der Waals surface area contributed by atoms with Gasteiger partial charge >= 0.3 is 0 Å². The Bertz CT molecular complexity index is 1270. The van der Waals surface area contributed by atoms with Gasteiger partial charge in [0.15, 0.2) is 0 Å². The molecule has 2 aromatic carbocycles. The summed E-state index contributed by atoms with van der Waals surface area (Å²) in [7, 11) is -3.53. The minimum Gasteiger partial charge on any atom is -0.351 e. The van der Waals surface area contributed by atoms with Crippen molar-refractivity contribution in [2.45, 2.75) is 6.54 Å². The Balaban J connectivity index is 1.43. The predicted octanol–water partition coefficient (Wildman–Crippen LogP) is 3.45. The highest BCUT2D eigenvalue weighted by Gasteiger charge is 2.20. The van der Waals surface area contributed by atoms with Crippen molar-refractivity contribution in [3.8, 4) is 16.3 Å². The monoisotopic (exact) mass is 466 g/mol. The standard InChI is InChI=1S/C23H22N4O3S2/c28-23(24-13-15-32(29,30)25-16-18-8-3-1-4-9-18)20-17-27(19-10-5-2-6-11-19)26-22(20)21-12-7-14-31-21/h1-12,14,17,25H,13,15-16H2,(H,24,28). The lowest BCUT2D eigenvalue weighted by atomic mass is 10.2. The number of hydrogen-bond donors (Lipinski definition) is 2. The number of carbonyl (C=O) groups excluding carboxylic acids is 1. The molecule has 0 bridgehead atoms. The van der Waals surface area contributed by atoms with Crippen LogP contribution in [0.3, 0.4) is 0 Å². The lowest BCUT2D eigenvalue weighted by Gasteiger charge is -2.08. The number of thiophene rings is 1. The van der Waals surface area contributed by atoms with Crippen LogP contribution in [0.4, 0.5) is 0 Å². The van der Waals surface area contributed by atoms with Crippen molar-refractivity contribution >= 4 is 27.3 Å². The zero-order valence-electron chi connectivity index (χ0n) is 17.1. The molecule has 0 aliphatic heterocycles. The predicted molar refractivity (Wildman–Crippen MR) is 126 cm³/mol. The first-order chi connectivity index (χ1) is 15.5. The van der Waals surface area contributed by atoms with Crippen molar-refractivity contribution in [2.24, 2.45) is 0 Å². The number of carbonyl (C=O) groups is 1. The van der Waals surface area contributed by atoms with Gasteiger partial charge in [-0.1, -0.05) is 54.6 Å². The van der Waals surface area contributed by atoms with Gasteiger partial charge in [-0.25, -0.2) is 17.8 Å². The van der Waals surface area contributed by atoms with E-state index in [1.54, 1.807) is 10.9 Å². The molecule has 0 radical (unpaired) electrons. The average Bonchev–Trinajstić information content (AvgIpc) is 3.49. The number of nitrogens with zero attached hydrogens (tertiary/aromatic N) is 2. The fraction of sp³-hybridized carbons (Fsp3) is 0.130. The van der Waals surface area contributed by atoms with Crippen LogP contribution in [0.25, 0.3) is 16.3 Å². The molecule has 2 heterocycles. The topological polar surface area (TPSA) is 93.1 Å². The van der Waals surface area contributed by atoms with Gasteiger partial charge in [0.25, 0.3) is 5.91 Å². The number of nitrogens with one attached hydrogen (secondary N) is 2. The van der Waals surface area contributed by atoms with Gasteiger partial charge in [-0.2, -0.15) is 5.10 Å². The van der Waals surface area contributed by atoms with Crippen LogP contribution < -0.4 is 10.0 Å². The van der Waals surface area contributed by atoms with E-state index < -0.39 is 10.0 Å². The van der Waals surface area contributed by atoms with Gasteiger partial charge in [-0.05, 0) is 29.1 Å². The summed E-state index contributed by atoms with van der Waals surface area (Å²) < 4.78 is 28.8. The molecule has 32 heavy (non-hydrogen) atoms. The third-order valence-corrected chi connectivity index (χ3v) is 6.93. The first kappa shape index (κ1) is 21.9. The number of rotatable bonds is 9. The second-order valence-corrected chi connectivity index (χ2v) is 9.90. The third kappa shape index (κ3) is 5.50. The SMILES string of the molecule is O=C(NCCS(=O)(=O)NCc1ccccc1)c1cn(-c2ccccc2)nc1-c1cccs1. The first-order valence-corrected chi connectivity index (χ1v) is 12.5. The summed E-state index contributed by atoms with van der Waals surface area (Å²) in [4.78, 5) is 13.8. The number of para-hydroxylation sites is 1. The smallest absolute Gasteiger partial charge is 0.255 e. The van der Waals surface area contributed by atoms with Crippen LogP contribution in [0, 0.1) is 0 Å².